The van der Waals surface area contributed by atoms with Gasteiger partial charge in [-0.2, -0.15) is 0 Å². The van der Waals surface area contributed by atoms with Crippen molar-refractivity contribution in [1.82, 2.24) is 9.97 Å². The fraction of sp³-hybridized carbons (Fsp3) is 0. The van der Waals surface area contributed by atoms with Crippen LogP contribution in [0, 0.1) is 4.91 Å². The molecule has 0 aliphatic heterocycles. The molecule has 0 radical (unpaired) electrons. The number of aromatic amines is 1. The first kappa shape index (κ1) is 11.5. The van der Waals surface area contributed by atoms with Gasteiger partial charge < -0.3 is 10.7 Å². The molecule has 0 unspecified atom stereocenters. The zero-order valence-electron chi connectivity index (χ0n) is 8.48. The first-order valence-corrected chi connectivity index (χ1v) is 5.41. The van der Waals surface area contributed by atoms with Crippen LogP contribution in [0.4, 0.5) is 11.5 Å². The normalized spacial score (nSPS) is 10.2. The summed E-state index contributed by atoms with van der Waals surface area (Å²) < 4.78 is 0.759. The zero-order chi connectivity index (χ0) is 12.4. The highest BCUT2D eigenvalue weighted by molar-refractivity contribution is 9.10. The van der Waals surface area contributed by atoms with Gasteiger partial charge in [0.05, 0.1) is 0 Å². The first-order valence-electron chi connectivity index (χ1n) is 4.61. The van der Waals surface area contributed by atoms with Crippen LogP contribution in [0.25, 0.3) is 11.4 Å². The summed E-state index contributed by atoms with van der Waals surface area (Å²) in [5.41, 5.74) is 5.10. The predicted octanol–water partition coefficient (Wildman–Crippen LogP) is 2.18. The van der Waals surface area contributed by atoms with Gasteiger partial charge in [0.1, 0.15) is 5.82 Å². The van der Waals surface area contributed by atoms with Gasteiger partial charge in [0.25, 0.3) is 5.56 Å². The Labute approximate surface area is 104 Å². The second kappa shape index (κ2) is 4.46. The van der Waals surface area contributed by atoms with E-state index >= 15 is 0 Å². The third-order valence-electron chi connectivity index (χ3n) is 2.14. The van der Waals surface area contributed by atoms with Gasteiger partial charge in [0, 0.05) is 10.0 Å². The molecule has 2 rings (SSSR count). The fourth-order valence-corrected chi connectivity index (χ4v) is 1.83. The molecule has 0 amide bonds. The molecule has 3 N–H and O–H groups in total. The molecule has 0 aliphatic carbocycles. The summed E-state index contributed by atoms with van der Waals surface area (Å²) in [4.78, 5) is 28.2. The molecule has 0 atom stereocenters. The number of rotatable bonds is 2. The summed E-state index contributed by atoms with van der Waals surface area (Å²) in [5.74, 6) is 0.0990. The molecule has 1 heterocycles. The number of benzene rings is 1. The van der Waals surface area contributed by atoms with Crippen molar-refractivity contribution < 1.29 is 0 Å². The third kappa shape index (κ3) is 2.09. The lowest BCUT2D eigenvalue weighted by atomic mass is 10.2. The lowest BCUT2D eigenvalue weighted by Crippen LogP contribution is -2.11. The molecular weight excluding hydrogens is 288 g/mol. The van der Waals surface area contributed by atoms with Crippen LogP contribution in [-0.2, 0) is 0 Å². The van der Waals surface area contributed by atoms with Crippen molar-refractivity contribution in [3.63, 3.8) is 0 Å². The Morgan fingerprint density at radius 2 is 2.06 bits per heavy atom. The van der Waals surface area contributed by atoms with E-state index in [9.17, 15) is 9.70 Å². The average Bonchev–Trinajstić information content (AvgIpc) is 2.29. The van der Waals surface area contributed by atoms with Crippen LogP contribution in [0.3, 0.4) is 0 Å². The topological polar surface area (TPSA) is 101 Å². The number of H-pyrrole nitrogens is 1. The number of aromatic nitrogens is 2. The van der Waals surface area contributed by atoms with Crippen LogP contribution in [0.2, 0.25) is 0 Å². The van der Waals surface area contributed by atoms with Gasteiger partial charge in [-0.3, -0.25) is 4.79 Å². The summed E-state index contributed by atoms with van der Waals surface area (Å²) in [6.07, 6.45) is 0. The molecular formula is C10H7BrN4O2. The number of nitrogens with two attached hydrogens (primary N) is 1. The van der Waals surface area contributed by atoms with E-state index in [2.05, 4.69) is 31.1 Å². The maximum atomic E-state index is 11.5. The van der Waals surface area contributed by atoms with E-state index < -0.39 is 11.2 Å². The minimum absolute atomic E-state index is 0.186. The Kier molecular flexibility index (Phi) is 3.01. The highest BCUT2D eigenvalue weighted by atomic mass is 79.9. The monoisotopic (exact) mass is 294 g/mol. The van der Waals surface area contributed by atoms with Gasteiger partial charge in [0.15, 0.2) is 5.82 Å². The van der Waals surface area contributed by atoms with E-state index in [0.717, 1.165) is 4.47 Å². The van der Waals surface area contributed by atoms with Crippen molar-refractivity contribution in [1.29, 1.82) is 0 Å². The summed E-state index contributed by atoms with van der Waals surface area (Å²) >= 11 is 3.33. The second-order valence-corrected chi connectivity index (χ2v) is 4.07. The van der Waals surface area contributed by atoms with Gasteiger partial charge >= 0.3 is 0 Å². The summed E-state index contributed by atoms with van der Waals surface area (Å²) in [6, 6.07) is 7.19. The number of hydrogen-bond donors (Lipinski definition) is 2. The molecule has 1 aromatic heterocycles. The second-order valence-electron chi connectivity index (χ2n) is 3.22. The molecule has 0 aliphatic rings. The van der Waals surface area contributed by atoms with E-state index in [4.69, 9.17) is 5.73 Å². The van der Waals surface area contributed by atoms with Crippen molar-refractivity contribution in [2.24, 2.45) is 5.18 Å². The molecule has 2 aromatic rings. The molecule has 6 nitrogen and oxygen atoms in total. The quantitative estimate of drug-likeness (QED) is 0.829. The van der Waals surface area contributed by atoms with Crippen LogP contribution in [0.1, 0.15) is 0 Å². The van der Waals surface area contributed by atoms with Crippen LogP contribution >= 0.6 is 15.9 Å². The maximum absolute atomic E-state index is 11.5. The van der Waals surface area contributed by atoms with E-state index in [1.807, 2.05) is 6.07 Å². The minimum Gasteiger partial charge on any atom is -0.382 e. The molecule has 0 saturated heterocycles. The van der Waals surface area contributed by atoms with E-state index in [1.165, 1.54) is 0 Å². The van der Waals surface area contributed by atoms with E-state index in [-0.39, 0.29) is 11.6 Å². The maximum Gasteiger partial charge on any atom is 0.282 e. The Morgan fingerprint density at radius 1 is 1.35 bits per heavy atom. The van der Waals surface area contributed by atoms with Crippen LogP contribution < -0.4 is 11.3 Å². The molecule has 7 heteroatoms. The molecule has 1 aromatic carbocycles. The zero-order valence-corrected chi connectivity index (χ0v) is 10.1. The Hall–Kier alpha value is -2.02. The standard InChI is InChI=1S/C10H7BrN4O2/c11-6-4-2-1-3-5(6)9-13-8(12)7(15-17)10(16)14-9/h1-4H,(H3,12,13,14,16). The van der Waals surface area contributed by atoms with Crippen LogP contribution in [0.15, 0.2) is 38.7 Å². The van der Waals surface area contributed by atoms with Crippen LogP contribution in [-0.4, -0.2) is 9.97 Å². The first-order chi connectivity index (χ1) is 8.13. The smallest absolute Gasteiger partial charge is 0.282 e. The minimum atomic E-state index is -0.654. The number of nitrogens with zero attached hydrogens (tertiary/aromatic N) is 2. The summed E-state index contributed by atoms with van der Waals surface area (Å²) in [7, 11) is 0. The average molecular weight is 295 g/mol. The van der Waals surface area contributed by atoms with Crippen LogP contribution in [0.5, 0.6) is 0 Å². The van der Waals surface area contributed by atoms with Crippen molar-refractivity contribution in [3.8, 4) is 11.4 Å². The van der Waals surface area contributed by atoms with Crippen molar-refractivity contribution in [2.75, 3.05) is 5.73 Å². The number of anilines is 1. The summed E-state index contributed by atoms with van der Waals surface area (Å²) in [6.45, 7) is 0. The van der Waals surface area contributed by atoms with Gasteiger partial charge in [-0.15, -0.1) is 4.91 Å². The third-order valence-corrected chi connectivity index (χ3v) is 2.83. The number of halogens is 1. The number of hydrogen-bond acceptors (Lipinski definition) is 5. The van der Waals surface area contributed by atoms with E-state index in [0.29, 0.717) is 5.56 Å². The molecule has 0 saturated carbocycles. The van der Waals surface area contributed by atoms with Crippen molar-refractivity contribution in [3.05, 3.63) is 44.0 Å². The van der Waals surface area contributed by atoms with Crippen molar-refractivity contribution >= 4 is 27.4 Å². The van der Waals surface area contributed by atoms with Gasteiger partial charge in [-0.1, -0.05) is 34.1 Å². The number of nitrogens with one attached hydrogen (secondary N) is 1. The molecule has 0 spiro atoms. The largest absolute Gasteiger partial charge is 0.382 e. The van der Waals surface area contributed by atoms with Gasteiger partial charge in [-0.25, -0.2) is 4.98 Å². The Morgan fingerprint density at radius 3 is 2.65 bits per heavy atom. The highest BCUT2D eigenvalue weighted by Gasteiger charge is 2.11. The van der Waals surface area contributed by atoms with Gasteiger partial charge in [0.2, 0.25) is 5.69 Å². The molecule has 0 bridgehead atoms. The summed E-state index contributed by atoms with van der Waals surface area (Å²) in [5, 5.41) is 2.53. The Balaban J connectivity index is 2.67. The van der Waals surface area contributed by atoms with Crippen molar-refractivity contribution in [2.45, 2.75) is 0 Å². The molecule has 86 valence electrons. The highest BCUT2D eigenvalue weighted by Crippen LogP contribution is 2.26. The molecule has 17 heavy (non-hydrogen) atoms. The molecule has 0 fully saturated rings. The number of nitroso groups, excluding NO2 is 1. The Bertz CT molecular complexity index is 638. The van der Waals surface area contributed by atoms with Gasteiger partial charge in [-0.05, 0) is 11.2 Å². The SMILES string of the molecule is Nc1nc(-c2ccccc2Br)[nH]c(=O)c1N=O. The lowest BCUT2D eigenvalue weighted by Gasteiger charge is -2.04. The lowest BCUT2D eigenvalue weighted by molar-refractivity contribution is 1.12. The number of nitrogen functional groups attached to an aromatic ring is 1. The van der Waals surface area contributed by atoms with E-state index in [1.54, 1.807) is 18.2 Å². The fourth-order valence-electron chi connectivity index (χ4n) is 1.35. The predicted molar refractivity (Wildman–Crippen MR) is 67.9 cm³/mol.